The Kier molecular flexibility index (Phi) is 10.7. The summed E-state index contributed by atoms with van der Waals surface area (Å²) >= 11 is 0. The Bertz CT molecular complexity index is 4610. The van der Waals surface area contributed by atoms with Gasteiger partial charge in [0, 0.05) is 49.9 Å². The van der Waals surface area contributed by atoms with Crippen molar-refractivity contribution in [2.24, 2.45) is 0 Å². The number of rotatable bonds is 8. The first kappa shape index (κ1) is 47.7. The normalized spacial score (nSPS) is 13.4. The molecule has 0 unspecified atom stereocenters. The van der Waals surface area contributed by atoms with E-state index in [-0.39, 0.29) is 10.8 Å². The van der Waals surface area contributed by atoms with Crippen LogP contribution in [0.5, 0.6) is 0 Å². The molecule has 79 heavy (non-hydrogen) atoms. The van der Waals surface area contributed by atoms with Crippen LogP contribution >= 0.6 is 0 Å². The Balaban J connectivity index is 1.03. The van der Waals surface area contributed by atoms with Gasteiger partial charge in [-0.15, -0.1) is 0 Å². The molecule has 12 aromatic rings. The maximum absolute atomic E-state index is 10.6. The van der Waals surface area contributed by atoms with Crippen LogP contribution < -0.4 is 9.80 Å². The third-order valence-corrected chi connectivity index (χ3v) is 17.6. The molecule has 4 nitrogen and oxygen atoms in total. The zero-order chi connectivity index (χ0) is 54.1. The lowest BCUT2D eigenvalue weighted by Crippen LogP contribution is -2.17. The molecule has 14 rings (SSSR count). The average molecular weight is 1010 g/mol. The molecule has 0 aliphatic heterocycles. The van der Waals surface area contributed by atoms with Gasteiger partial charge in [0.25, 0.3) is 0 Å². The van der Waals surface area contributed by atoms with Gasteiger partial charge in [0.1, 0.15) is 0 Å². The molecule has 4 heteroatoms. The van der Waals surface area contributed by atoms with Crippen molar-refractivity contribution in [3.05, 3.63) is 268 Å². The van der Waals surface area contributed by atoms with E-state index in [1.165, 1.54) is 43.8 Å². The highest BCUT2D eigenvalue weighted by atomic mass is 15.2. The summed E-state index contributed by atoms with van der Waals surface area (Å²) in [5.74, 6) is 0. The van der Waals surface area contributed by atoms with E-state index >= 15 is 0 Å². The van der Waals surface area contributed by atoms with Crippen molar-refractivity contribution in [1.29, 1.82) is 5.26 Å². The molecular formula is C75H56N4. The number of benzene rings is 12. The van der Waals surface area contributed by atoms with Crippen LogP contribution in [-0.2, 0) is 10.8 Å². The second-order valence-corrected chi connectivity index (χ2v) is 22.8. The minimum absolute atomic E-state index is 0.274. The van der Waals surface area contributed by atoms with Gasteiger partial charge in [-0.1, -0.05) is 191 Å². The average Bonchev–Trinajstić information content (AvgIpc) is 4.06. The predicted octanol–water partition coefficient (Wildman–Crippen LogP) is 20.8. The van der Waals surface area contributed by atoms with E-state index in [0.717, 1.165) is 106 Å². The summed E-state index contributed by atoms with van der Waals surface area (Å²) in [5, 5.41) is 17.6. The lowest BCUT2D eigenvalue weighted by Gasteiger charge is -2.32. The summed E-state index contributed by atoms with van der Waals surface area (Å²) in [5.41, 5.74) is 24.4. The molecule has 0 heterocycles. The lowest BCUT2D eigenvalue weighted by atomic mass is 9.82. The highest BCUT2D eigenvalue weighted by Gasteiger charge is 2.39. The highest BCUT2D eigenvalue weighted by Crippen LogP contribution is 2.57. The van der Waals surface area contributed by atoms with Gasteiger partial charge >= 0.3 is 0 Å². The van der Waals surface area contributed by atoms with Crippen molar-refractivity contribution in [2.75, 3.05) is 9.80 Å². The van der Waals surface area contributed by atoms with E-state index in [1.54, 1.807) is 0 Å². The quantitative estimate of drug-likeness (QED) is 0.112. The van der Waals surface area contributed by atoms with Crippen molar-refractivity contribution in [3.63, 3.8) is 0 Å². The summed E-state index contributed by atoms with van der Waals surface area (Å²) in [4.78, 5) is 9.07. The molecule has 0 spiro atoms. The van der Waals surface area contributed by atoms with E-state index in [4.69, 9.17) is 6.57 Å². The zero-order valence-corrected chi connectivity index (χ0v) is 45.5. The summed E-state index contributed by atoms with van der Waals surface area (Å²) in [6.45, 7) is 24.2. The van der Waals surface area contributed by atoms with Gasteiger partial charge in [0.05, 0.1) is 29.6 Å². The molecule has 0 saturated carbocycles. The van der Waals surface area contributed by atoms with E-state index in [0.29, 0.717) is 11.3 Å². The monoisotopic (exact) mass is 1010 g/mol. The molecule has 0 fully saturated rings. The Morgan fingerprint density at radius 2 is 0.924 bits per heavy atom. The van der Waals surface area contributed by atoms with Crippen LogP contribution in [-0.4, -0.2) is 0 Å². The van der Waals surface area contributed by atoms with Gasteiger partial charge in [-0.05, 0) is 169 Å². The Hall–Kier alpha value is -9.74. The Labute approximate surface area is 462 Å². The van der Waals surface area contributed by atoms with Crippen molar-refractivity contribution in [2.45, 2.75) is 59.3 Å². The van der Waals surface area contributed by atoms with Crippen molar-refractivity contribution in [3.8, 4) is 50.6 Å². The molecule has 2 aliphatic carbocycles. The fourth-order valence-corrected chi connectivity index (χ4v) is 13.5. The largest absolute Gasteiger partial charge is 0.310 e. The molecular weight excluding hydrogens is 957 g/mol. The lowest BCUT2D eigenvalue weighted by molar-refractivity contribution is 0.660. The molecule has 0 saturated heterocycles. The van der Waals surface area contributed by atoms with Gasteiger partial charge < -0.3 is 9.80 Å². The standard InChI is InChI=1S/C75H56N4/c1-45-25-27-52(48-17-11-9-12-18-48)40-67(45)78(55-33-36-60-58(42-55)70-54(44-76)21-15-22-61(70)74(60,4)5)65-37-31-50-30-35-57-66(38-32-51-29-34-56(65)71(50)72(51)57)79(68-41-53(28-26-46(68)2)49-19-13-10-14-20-49)69-43-59-63(39-47(69)3)75(6,7)62-23-16-24-64(77-8)73(59)62/h9-43H,1-7H3. The number of fused-ring (bicyclic) bond motifs is 6. The van der Waals surface area contributed by atoms with Gasteiger partial charge in [0.15, 0.2) is 5.69 Å². The second-order valence-electron chi connectivity index (χ2n) is 22.8. The zero-order valence-electron chi connectivity index (χ0n) is 45.5. The molecule has 0 radical (unpaired) electrons. The number of aryl methyl sites for hydroxylation is 3. The van der Waals surface area contributed by atoms with E-state index in [9.17, 15) is 5.26 Å². The van der Waals surface area contributed by atoms with Crippen LogP contribution in [0.4, 0.5) is 39.8 Å². The van der Waals surface area contributed by atoms with Crippen LogP contribution in [0.25, 0.3) is 81.7 Å². The summed E-state index contributed by atoms with van der Waals surface area (Å²) < 4.78 is 0. The Morgan fingerprint density at radius 3 is 1.52 bits per heavy atom. The van der Waals surface area contributed by atoms with Gasteiger partial charge in [-0.3, -0.25) is 0 Å². The topological polar surface area (TPSA) is 34.6 Å². The summed E-state index contributed by atoms with van der Waals surface area (Å²) in [7, 11) is 0. The smallest absolute Gasteiger partial charge is 0.195 e. The number of nitriles is 1. The van der Waals surface area contributed by atoms with Crippen LogP contribution in [0.2, 0.25) is 0 Å². The number of hydrogen-bond acceptors (Lipinski definition) is 3. The molecule has 2 aliphatic rings. The van der Waals surface area contributed by atoms with Gasteiger partial charge in [-0.25, -0.2) is 4.85 Å². The Morgan fingerprint density at radius 1 is 0.405 bits per heavy atom. The molecule has 0 N–H and O–H groups in total. The third kappa shape index (κ3) is 7.11. The minimum atomic E-state index is -0.275. The van der Waals surface area contributed by atoms with Crippen LogP contribution in [0.15, 0.2) is 212 Å². The molecule has 12 aromatic carbocycles. The molecule has 0 atom stereocenters. The van der Waals surface area contributed by atoms with E-state index < -0.39 is 0 Å². The van der Waals surface area contributed by atoms with Crippen LogP contribution in [0, 0.1) is 38.7 Å². The maximum atomic E-state index is 10.6. The number of nitrogens with zero attached hydrogens (tertiary/aromatic N) is 4. The second kappa shape index (κ2) is 17.7. The minimum Gasteiger partial charge on any atom is -0.310 e. The van der Waals surface area contributed by atoms with E-state index in [2.05, 4.69) is 257 Å². The number of hydrogen-bond donors (Lipinski definition) is 0. The third-order valence-electron chi connectivity index (χ3n) is 17.6. The molecule has 0 amide bonds. The highest BCUT2D eigenvalue weighted by molar-refractivity contribution is 6.28. The first-order valence-corrected chi connectivity index (χ1v) is 27.3. The predicted molar refractivity (Wildman–Crippen MR) is 331 cm³/mol. The van der Waals surface area contributed by atoms with Gasteiger partial charge in [-0.2, -0.15) is 5.26 Å². The fraction of sp³-hybridized carbons (Fsp3) is 0.120. The molecule has 376 valence electrons. The van der Waals surface area contributed by atoms with Crippen molar-refractivity contribution in [1.82, 2.24) is 0 Å². The molecule has 0 bridgehead atoms. The first-order valence-electron chi connectivity index (χ1n) is 27.3. The van der Waals surface area contributed by atoms with Crippen molar-refractivity contribution < 1.29 is 0 Å². The van der Waals surface area contributed by atoms with Gasteiger partial charge in [0.2, 0.25) is 0 Å². The first-order chi connectivity index (χ1) is 38.3. The maximum Gasteiger partial charge on any atom is 0.195 e. The van der Waals surface area contributed by atoms with Crippen LogP contribution in [0.1, 0.15) is 72.2 Å². The fourth-order valence-electron chi connectivity index (χ4n) is 13.5. The van der Waals surface area contributed by atoms with Crippen molar-refractivity contribution >= 4 is 72.1 Å². The van der Waals surface area contributed by atoms with E-state index in [1.807, 2.05) is 24.3 Å². The summed E-state index contributed by atoms with van der Waals surface area (Å²) in [6, 6.07) is 80.1. The SMILES string of the molecule is [C-]#[N+]c1cccc2c1-c1cc(N(c3cc(-c4ccccc4)ccc3C)c3ccc4ccc5c(N(c6ccc7c(c6)-c6c(C#N)cccc6C7(C)C)c6cc(-c7ccccc7)ccc6C)ccc6ccc3c4c65)c(C)cc1C2(C)C. The molecule has 0 aromatic heterocycles. The number of anilines is 6. The summed E-state index contributed by atoms with van der Waals surface area (Å²) in [6.07, 6.45) is 0. The van der Waals surface area contributed by atoms with Crippen LogP contribution in [0.3, 0.4) is 0 Å².